The largest absolute Gasteiger partial charge is 0.491 e. The molecule has 1 aromatic carbocycles. The minimum absolute atomic E-state index is 0.691. The van der Waals surface area contributed by atoms with Crippen molar-refractivity contribution in [2.24, 2.45) is 0 Å². The molecular formula is C13H17NO2. The summed E-state index contributed by atoms with van der Waals surface area (Å²) < 4.78 is 11.2. The van der Waals surface area contributed by atoms with Crippen LogP contribution in [0, 0.1) is 6.92 Å². The summed E-state index contributed by atoms with van der Waals surface area (Å²) in [4.78, 5) is 2.10. The fourth-order valence-corrected chi connectivity index (χ4v) is 1.67. The second-order valence-electron chi connectivity index (χ2n) is 4.20. The van der Waals surface area contributed by atoms with Gasteiger partial charge in [0.15, 0.2) is 0 Å². The van der Waals surface area contributed by atoms with Crippen molar-refractivity contribution in [1.29, 1.82) is 0 Å². The number of hydrogen-bond acceptors (Lipinski definition) is 3. The van der Waals surface area contributed by atoms with E-state index in [9.17, 15) is 0 Å². The molecule has 3 nitrogen and oxygen atoms in total. The molecule has 0 saturated heterocycles. The van der Waals surface area contributed by atoms with E-state index < -0.39 is 0 Å². The summed E-state index contributed by atoms with van der Waals surface area (Å²) in [5.74, 6) is 0.908. The van der Waals surface area contributed by atoms with Crippen LogP contribution in [0.5, 0.6) is 5.75 Å². The van der Waals surface area contributed by atoms with Crippen molar-refractivity contribution in [2.75, 3.05) is 27.2 Å². The molecule has 1 aromatic heterocycles. The third-order valence-corrected chi connectivity index (χ3v) is 2.54. The quantitative estimate of drug-likeness (QED) is 0.790. The monoisotopic (exact) mass is 219 g/mol. The van der Waals surface area contributed by atoms with Gasteiger partial charge in [0.1, 0.15) is 17.9 Å². The summed E-state index contributed by atoms with van der Waals surface area (Å²) in [6.07, 6.45) is 1.77. The van der Waals surface area contributed by atoms with Gasteiger partial charge in [-0.1, -0.05) is 6.07 Å². The highest BCUT2D eigenvalue weighted by Crippen LogP contribution is 2.29. The number of aryl methyl sites for hydroxylation is 1. The molecule has 1 heterocycles. The molecule has 0 N–H and O–H groups in total. The van der Waals surface area contributed by atoms with Gasteiger partial charge in [0.25, 0.3) is 0 Å². The van der Waals surface area contributed by atoms with E-state index in [1.807, 2.05) is 39.2 Å². The van der Waals surface area contributed by atoms with Crippen molar-refractivity contribution in [3.63, 3.8) is 0 Å². The fraction of sp³-hybridized carbons (Fsp3) is 0.385. The highest BCUT2D eigenvalue weighted by Gasteiger charge is 2.08. The Morgan fingerprint density at radius 2 is 2.12 bits per heavy atom. The zero-order valence-corrected chi connectivity index (χ0v) is 9.99. The first-order valence-electron chi connectivity index (χ1n) is 5.43. The third kappa shape index (κ3) is 2.19. The second kappa shape index (κ2) is 4.58. The lowest BCUT2D eigenvalue weighted by Crippen LogP contribution is -2.19. The van der Waals surface area contributed by atoms with Crippen molar-refractivity contribution in [3.05, 3.63) is 30.0 Å². The Morgan fingerprint density at radius 1 is 1.31 bits per heavy atom. The van der Waals surface area contributed by atoms with E-state index >= 15 is 0 Å². The Morgan fingerprint density at radius 3 is 2.88 bits per heavy atom. The zero-order chi connectivity index (χ0) is 11.5. The van der Waals surface area contributed by atoms with Gasteiger partial charge in [-0.25, -0.2) is 0 Å². The predicted molar refractivity (Wildman–Crippen MR) is 65.0 cm³/mol. The Labute approximate surface area is 95.6 Å². The van der Waals surface area contributed by atoms with E-state index in [1.165, 1.54) is 0 Å². The number of fused-ring (bicyclic) bond motifs is 1. The first kappa shape index (κ1) is 11.0. The number of benzene rings is 1. The lowest BCUT2D eigenvalue weighted by Gasteiger charge is -2.11. The van der Waals surface area contributed by atoms with E-state index in [1.54, 1.807) is 6.26 Å². The van der Waals surface area contributed by atoms with Gasteiger partial charge in [-0.2, -0.15) is 0 Å². The van der Waals surface area contributed by atoms with Crippen molar-refractivity contribution in [1.82, 2.24) is 4.90 Å². The van der Waals surface area contributed by atoms with Crippen molar-refractivity contribution < 1.29 is 9.15 Å². The summed E-state index contributed by atoms with van der Waals surface area (Å²) in [5, 5.41) is 1.08. The topological polar surface area (TPSA) is 25.6 Å². The molecule has 2 aromatic rings. The van der Waals surface area contributed by atoms with Crippen LogP contribution < -0.4 is 4.74 Å². The number of furan rings is 1. The average molecular weight is 219 g/mol. The summed E-state index contributed by atoms with van der Waals surface area (Å²) in [5.41, 5.74) is 2.01. The van der Waals surface area contributed by atoms with Crippen LogP contribution >= 0.6 is 0 Å². The van der Waals surface area contributed by atoms with Gasteiger partial charge in [0.05, 0.1) is 11.6 Å². The highest BCUT2D eigenvalue weighted by atomic mass is 16.5. The first-order valence-corrected chi connectivity index (χ1v) is 5.43. The molecule has 16 heavy (non-hydrogen) atoms. The van der Waals surface area contributed by atoms with Crippen LogP contribution in [0.25, 0.3) is 11.0 Å². The fourth-order valence-electron chi connectivity index (χ4n) is 1.67. The third-order valence-electron chi connectivity index (χ3n) is 2.54. The van der Waals surface area contributed by atoms with Crippen molar-refractivity contribution >= 4 is 11.0 Å². The Kier molecular flexibility index (Phi) is 3.15. The van der Waals surface area contributed by atoms with Crippen LogP contribution in [0.1, 0.15) is 5.56 Å². The van der Waals surface area contributed by atoms with E-state index in [-0.39, 0.29) is 0 Å². The second-order valence-corrected chi connectivity index (χ2v) is 4.20. The molecule has 0 aliphatic heterocycles. The SMILES string of the molecule is Cc1coc2cccc(OCCN(C)C)c12. The van der Waals surface area contributed by atoms with Crippen LogP contribution in [0.15, 0.2) is 28.9 Å². The minimum Gasteiger partial charge on any atom is -0.491 e. The first-order chi connectivity index (χ1) is 7.68. The van der Waals surface area contributed by atoms with Crippen LogP contribution in [-0.2, 0) is 0 Å². The Hall–Kier alpha value is -1.48. The van der Waals surface area contributed by atoms with Crippen LogP contribution in [-0.4, -0.2) is 32.1 Å². The molecule has 3 heteroatoms. The van der Waals surface area contributed by atoms with Gasteiger partial charge in [0, 0.05) is 6.54 Å². The lowest BCUT2D eigenvalue weighted by atomic mass is 10.2. The standard InChI is InChI=1S/C13H17NO2/c1-10-9-16-12-6-4-5-11(13(10)12)15-8-7-14(2)3/h4-6,9H,7-8H2,1-3H3. The predicted octanol–water partition coefficient (Wildman–Crippen LogP) is 2.68. The maximum atomic E-state index is 5.77. The number of nitrogens with zero attached hydrogens (tertiary/aromatic N) is 1. The molecule has 0 aliphatic rings. The molecule has 0 spiro atoms. The Balaban J connectivity index is 2.20. The van der Waals surface area contributed by atoms with Gasteiger partial charge in [-0.3, -0.25) is 0 Å². The summed E-state index contributed by atoms with van der Waals surface area (Å²) in [7, 11) is 4.07. The molecule has 2 rings (SSSR count). The van der Waals surface area contributed by atoms with E-state index in [4.69, 9.17) is 9.15 Å². The van der Waals surface area contributed by atoms with Crippen molar-refractivity contribution in [3.8, 4) is 5.75 Å². The van der Waals surface area contributed by atoms with Gasteiger partial charge in [-0.05, 0) is 38.7 Å². The number of likely N-dealkylation sites (N-methyl/N-ethyl adjacent to an activating group) is 1. The molecule has 0 amide bonds. The molecule has 0 fully saturated rings. The molecule has 0 radical (unpaired) electrons. The number of ether oxygens (including phenoxy) is 1. The van der Waals surface area contributed by atoms with Gasteiger partial charge < -0.3 is 14.1 Å². The van der Waals surface area contributed by atoms with Crippen molar-refractivity contribution in [2.45, 2.75) is 6.92 Å². The molecule has 86 valence electrons. The summed E-state index contributed by atoms with van der Waals surface area (Å²) >= 11 is 0. The molecule has 0 atom stereocenters. The summed E-state index contributed by atoms with van der Waals surface area (Å²) in [6, 6.07) is 5.90. The molecule has 0 unspecified atom stereocenters. The molecular weight excluding hydrogens is 202 g/mol. The minimum atomic E-state index is 0.691. The lowest BCUT2D eigenvalue weighted by molar-refractivity contribution is 0.263. The Bertz CT molecular complexity index is 474. The smallest absolute Gasteiger partial charge is 0.137 e. The van der Waals surface area contributed by atoms with Crippen LogP contribution in [0.3, 0.4) is 0 Å². The normalized spacial score (nSPS) is 11.2. The van der Waals surface area contributed by atoms with Gasteiger partial charge >= 0.3 is 0 Å². The maximum Gasteiger partial charge on any atom is 0.137 e. The van der Waals surface area contributed by atoms with Crippen LogP contribution in [0.2, 0.25) is 0 Å². The average Bonchev–Trinajstić information content (AvgIpc) is 2.61. The number of rotatable bonds is 4. The van der Waals surface area contributed by atoms with E-state index in [0.29, 0.717) is 6.61 Å². The highest BCUT2D eigenvalue weighted by molar-refractivity contribution is 5.87. The van der Waals surface area contributed by atoms with Crippen LogP contribution in [0.4, 0.5) is 0 Å². The summed E-state index contributed by atoms with van der Waals surface area (Å²) in [6.45, 7) is 3.63. The zero-order valence-electron chi connectivity index (χ0n) is 9.99. The molecule has 0 aliphatic carbocycles. The van der Waals surface area contributed by atoms with E-state index in [0.717, 1.165) is 28.8 Å². The molecule has 0 bridgehead atoms. The molecule has 0 saturated carbocycles. The van der Waals surface area contributed by atoms with E-state index in [2.05, 4.69) is 4.90 Å². The van der Waals surface area contributed by atoms with Gasteiger partial charge in [0.2, 0.25) is 0 Å². The van der Waals surface area contributed by atoms with Gasteiger partial charge in [-0.15, -0.1) is 0 Å². The number of hydrogen-bond donors (Lipinski definition) is 0. The maximum absolute atomic E-state index is 5.77.